The molecular weight excluding hydrogens is 398 g/mol. The second kappa shape index (κ2) is 11.4. The van der Waals surface area contributed by atoms with Gasteiger partial charge in [-0.05, 0) is 49.2 Å². The molecule has 5 heteroatoms. The summed E-state index contributed by atoms with van der Waals surface area (Å²) in [5, 5.41) is 8.85. The first-order chi connectivity index (χ1) is 15.8. The first-order valence-electron chi connectivity index (χ1n) is 11.8. The minimum atomic E-state index is 0.122. The number of piperazine rings is 1. The third-order valence-corrected chi connectivity index (χ3v) is 6.57. The van der Waals surface area contributed by atoms with Crippen LogP contribution in [-0.4, -0.2) is 73.9 Å². The molecule has 0 radical (unpaired) electrons. The molecule has 2 aliphatic heterocycles. The van der Waals surface area contributed by atoms with E-state index in [0.717, 1.165) is 50.6 Å². The van der Waals surface area contributed by atoms with Gasteiger partial charge in [0.05, 0.1) is 19.4 Å². The van der Waals surface area contributed by atoms with Crippen LogP contribution in [-0.2, 0) is 6.54 Å². The van der Waals surface area contributed by atoms with Gasteiger partial charge in [0, 0.05) is 57.3 Å². The number of methoxy groups -OCH3 is 1. The fourth-order valence-corrected chi connectivity index (χ4v) is 4.86. The van der Waals surface area contributed by atoms with Crippen molar-refractivity contribution in [1.29, 1.82) is 0 Å². The highest BCUT2D eigenvalue weighted by atomic mass is 16.5. The Hall–Kier alpha value is -2.52. The molecule has 32 heavy (non-hydrogen) atoms. The maximum absolute atomic E-state index is 8.85. The van der Waals surface area contributed by atoms with Crippen molar-refractivity contribution in [3.8, 4) is 17.6 Å². The van der Waals surface area contributed by atoms with E-state index in [2.05, 4.69) is 69.0 Å². The van der Waals surface area contributed by atoms with Crippen LogP contribution < -0.4 is 9.64 Å². The highest BCUT2D eigenvalue weighted by Gasteiger charge is 2.28. The largest absolute Gasteiger partial charge is 0.495 e. The summed E-state index contributed by atoms with van der Waals surface area (Å²) in [4.78, 5) is 7.76. The minimum absolute atomic E-state index is 0.122. The summed E-state index contributed by atoms with van der Waals surface area (Å²) in [5.41, 5.74) is 3.58. The van der Waals surface area contributed by atoms with Crippen LogP contribution in [0.2, 0.25) is 0 Å². The van der Waals surface area contributed by atoms with Gasteiger partial charge in [-0.25, -0.2) is 0 Å². The molecule has 1 atom stereocenters. The number of para-hydroxylation sites is 2. The van der Waals surface area contributed by atoms with Gasteiger partial charge in [-0.15, -0.1) is 0 Å². The number of hydrogen-bond donors (Lipinski definition) is 1. The molecule has 2 fully saturated rings. The molecule has 0 aliphatic carbocycles. The van der Waals surface area contributed by atoms with E-state index in [1.165, 1.54) is 30.6 Å². The topological polar surface area (TPSA) is 39.2 Å². The maximum Gasteiger partial charge on any atom is 0.142 e. The average molecular weight is 434 g/mol. The maximum atomic E-state index is 8.85. The van der Waals surface area contributed by atoms with E-state index in [1.54, 1.807) is 7.11 Å². The Kier molecular flexibility index (Phi) is 8.06. The van der Waals surface area contributed by atoms with Crippen LogP contribution in [0.3, 0.4) is 0 Å². The van der Waals surface area contributed by atoms with Gasteiger partial charge >= 0.3 is 0 Å². The lowest BCUT2D eigenvalue weighted by Crippen LogP contribution is -2.55. The van der Waals surface area contributed by atoms with E-state index >= 15 is 0 Å². The molecule has 0 amide bonds. The van der Waals surface area contributed by atoms with Crippen molar-refractivity contribution < 1.29 is 9.84 Å². The Labute approximate surface area is 192 Å². The van der Waals surface area contributed by atoms with Crippen LogP contribution in [0.25, 0.3) is 0 Å². The number of aliphatic hydroxyl groups excluding tert-OH is 1. The van der Waals surface area contributed by atoms with Crippen LogP contribution in [0.15, 0.2) is 48.5 Å². The zero-order valence-electron chi connectivity index (χ0n) is 19.2. The first-order valence-corrected chi connectivity index (χ1v) is 11.8. The molecule has 2 saturated heterocycles. The molecule has 2 heterocycles. The van der Waals surface area contributed by atoms with E-state index < -0.39 is 0 Å². The molecule has 5 nitrogen and oxygen atoms in total. The van der Waals surface area contributed by atoms with Crippen LogP contribution in [0.5, 0.6) is 5.75 Å². The van der Waals surface area contributed by atoms with Crippen molar-refractivity contribution >= 4 is 5.69 Å². The normalized spacial score (nSPS) is 19.9. The third kappa shape index (κ3) is 5.83. The predicted molar refractivity (Wildman–Crippen MR) is 130 cm³/mol. The van der Waals surface area contributed by atoms with Gasteiger partial charge in [-0.3, -0.25) is 9.80 Å². The molecule has 4 rings (SSSR count). The lowest BCUT2D eigenvalue weighted by Gasteiger charge is -2.44. The molecule has 0 aromatic heterocycles. The highest BCUT2D eigenvalue weighted by molar-refractivity contribution is 5.58. The van der Waals surface area contributed by atoms with E-state index in [9.17, 15) is 0 Å². The summed E-state index contributed by atoms with van der Waals surface area (Å²) < 4.78 is 5.56. The molecule has 1 N–H and O–H groups in total. The molecule has 0 spiro atoms. The third-order valence-electron chi connectivity index (χ3n) is 6.57. The zero-order valence-corrected chi connectivity index (χ0v) is 19.2. The number of likely N-dealkylation sites (tertiary alicyclic amines) is 1. The number of anilines is 1. The lowest BCUT2D eigenvalue weighted by atomic mass is 10.0. The van der Waals surface area contributed by atoms with Gasteiger partial charge in [0.1, 0.15) is 5.75 Å². The molecular formula is C27H35N3O2. The molecule has 0 saturated carbocycles. The van der Waals surface area contributed by atoms with Crippen molar-refractivity contribution in [3.05, 3.63) is 59.7 Å². The van der Waals surface area contributed by atoms with Gasteiger partial charge in [0.15, 0.2) is 0 Å². The van der Waals surface area contributed by atoms with Gasteiger partial charge in [0.2, 0.25) is 0 Å². The average Bonchev–Trinajstić information content (AvgIpc) is 2.85. The second-order valence-electron chi connectivity index (χ2n) is 8.70. The fourth-order valence-electron chi connectivity index (χ4n) is 4.86. The van der Waals surface area contributed by atoms with Gasteiger partial charge in [0.25, 0.3) is 0 Å². The second-order valence-corrected chi connectivity index (χ2v) is 8.70. The summed E-state index contributed by atoms with van der Waals surface area (Å²) in [6, 6.07) is 17.6. The number of nitrogens with zero attached hydrogens (tertiary/aromatic N) is 3. The summed E-state index contributed by atoms with van der Waals surface area (Å²) >= 11 is 0. The molecule has 170 valence electrons. The molecule has 2 aromatic rings. The fraction of sp³-hybridized carbons (Fsp3) is 0.481. The monoisotopic (exact) mass is 433 g/mol. The zero-order chi connectivity index (χ0) is 22.2. The number of piperidine rings is 1. The Morgan fingerprint density at radius 1 is 1.00 bits per heavy atom. The van der Waals surface area contributed by atoms with Gasteiger partial charge < -0.3 is 14.7 Å². The van der Waals surface area contributed by atoms with Crippen molar-refractivity contribution in [2.75, 3.05) is 57.9 Å². The molecule has 2 aromatic carbocycles. The van der Waals surface area contributed by atoms with E-state index in [4.69, 9.17) is 9.84 Å². The number of rotatable bonds is 6. The Morgan fingerprint density at radius 3 is 2.53 bits per heavy atom. The predicted octanol–water partition coefficient (Wildman–Crippen LogP) is 3.22. The Bertz CT molecular complexity index is 910. The quantitative estimate of drug-likeness (QED) is 0.709. The molecule has 0 unspecified atom stereocenters. The summed E-state index contributed by atoms with van der Waals surface area (Å²) in [5.74, 6) is 7.06. The molecule has 0 bridgehead atoms. The van der Waals surface area contributed by atoms with Gasteiger partial charge in [-0.1, -0.05) is 36.1 Å². The number of aliphatic hydroxyl groups is 1. The van der Waals surface area contributed by atoms with E-state index in [0.29, 0.717) is 12.5 Å². The van der Waals surface area contributed by atoms with Crippen LogP contribution in [0, 0.1) is 11.8 Å². The number of benzene rings is 2. The van der Waals surface area contributed by atoms with Crippen LogP contribution in [0.4, 0.5) is 5.69 Å². The minimum Gasteiger partial charge on any atom is -0.495 e. The van der Waals surface area contributed by atoms with Gasteiger partial charge in [-0.2, -0.15) is 0 Å². The van der Waals surface area contributed by atoms with Crippen LogP contribution in [0.1, 0.15) is 30.4 Å². The highest BCUT2D eigenvalue weighted by Crippen LogP contribution is 2.29. The standard InChI is InChI=1S/C27H35N3O2/c1-32-27-10-3-2-9-26(27)30-18-16-29(17-19-30)25-8-6-15-28(22-25)21-24-13-11-23(12-14-24)7-4-5-20-31/h2-3,9-14,25,31H,5-6,8,15-22H2,1H3/t25-/m0/s1. The van der Waals surface area contributed by atoms with E-state index in [1.807, 2.05) is 6.07 Å². The van der Waals surface area contributed by atoms with Crippen LogP contribution >= 0.6 is 0 Å². The Morgan fingerprint density at radius 2 is 1.78 bits per heavy atom. The Balaban J connectivity index is 1.29. The smallest absolute Gasteiger partial charge is 0.142 e. The summed E-state index contributed by atoms with van der Waals surface area (Å²) in [6.07, 6.45) is 3.09. The lowest BCUT2D eigenvalue weighted by molar-refractivity contribution is 0.0887. The van der Waals surface area contributed by atoms with Crippen molar-refractivity contribution in [2.45, 2.75) is 31.8 Å². The SMILES string of the molecule is COc1ccccc1N1CCN([C@H]2CCCN(Cc3ccc(C#CCCO)cc3)C2)CC1. The number of hydrogen-bond acceptors (Lipinski definition) is 5. The first kappa shape index (κ1) is 22.7. The van der Waals surface area contributed by atoms with Crippen molar-refractivity contribution in [3.63, 3.8) is 0 Å². The summed E-state index contributed by atoms with van der Waals surface area (Å²) in [7, 11) is 1.75. The van der Waals surface area contributed by atoms with Crippen molar-refractivity contribution in [1.82, 2.24) is 9.80 Å². The summed E-state index contributed by atoms with van der Waals surface area (Å²) in [6.45, 7) is 7.77. The van der Waals surface area contributed by atoms with Crippen molar-refractivity contribution in [2.24, 2.45) is 0 Å². The number of ether oxygens (including phenoxy) is 1. The van der Waals surface area contributed by atoms with E-state index in [-0.39, 0.29) is 6.61 Å². The molecule has 2 aliphatic rings.